The van der Waals surface area contributed by atoms with E-state index in [0.29, 0.717) is 5.92 Å². The third kappa shape index (κ3) is 5.80. The van der Waals surface area contributed by atoms with Gasteiger partial charge in [-0.25, -0.2) is 0 Å². The lowest BCUT2D eigenvalue weighted by molar-refractivity contribution is 0.386. The minimum Gasteiger partial charge on any atom is -0.330 e. The van der Waals surface area contributed by atoms with Crippen molar-refractivity contribution in [3.05, 3.63) is 0 Å². The van der Waals surface area contributed by atoms with Gasteiger partial charge in [-0.2, -0.15) is 0 Å². The van der Waals surface area contributed by atoms with Crippen LogP contribution in [0.1, 0.15) is 27.2 Å². The Bertz CT molecular complexity index is 73.5. The number of rotatable bonds is 3. The zero-order valence-electron chi connectivity index (χ0n) is 6.65. The molecule has 0 saturated carbocycles. The SMILES string of the molecule is CC(CN)CC(C)(C)N. The highest BCUT2D eigenvalue weighted by molar-refractivity contribution is 4.74. The molecule has 0 radical (unpaired) electrons. The highest BCUT2D eigenvalue weighted by atomic mass is 14.7. The van der Waals surface area contributed by atoms with Crippen LogP contribution in [0.5, 0.6) is 0 Å². The molecule has 0 aliphatic rings. The Morgan fingerprint density at radius 1 is 1.44 bits per heavy atom. The summed E-state index contributed by atoms with van der Waals surface area (Å²) in [4.78, 5) is 0. The van der Waals surface area contributed by atoms with Crippen molar-refractivity contribution in [3.8, 4) is 0 Å². The third-order valence-electron chi connectivity index (χ3n) is 1.28. The van der Waals surface area contributed by atoms with Gasteiger partial charge in [0.1, 0.15) is 0 Å². The van der Waals surface area contributed by atoms with E-state index in [1.165, 1.54) is 0 Å². The van der Waals surface area contributed by atoms with Crippen molar-refractivity contribution in [2.75, 3.05) is 6.54 Å². The summed E-state index contributed by atoms with van der Waals surface area (Å²) in [6.45, 7) is 6.91. The standard InChI is InChI=1S/C7H18N2/c1-6(5-8)4-7(2,3)9/h6H,4-5,8-9H2,1-3H3. The van der Waals surface area contributed by atoms with Crippen LogP contribution < -0.4 is 11.5 Å². The van der Waals surface area contributed by atoms with Gasteiger partial charge in [-0.1, -0.05) is 6.92 Å². The van der Waals surface area contributed by atoms with E-state index in [1.54, 1.807) is 0 Å². The number of hydrogen-bond donors (Lipinski definition) is 2. The molecular weight excluding hydrogens is 112 g/mol. The van der Waals surface area contributed by atoms with E-state index >= 15 is 0 Å². The van der Waals surface area contributed by atoms with E-state index in [0.717, 1.165) is 13.0 Å². The van der Waals surface area contributed by atoms with E-state index in [4.69, 9.17) is 11.5 Å². The summed E-state index contributed by atoms with van der Waals surface area (Å²) in [6.07, 6.45) is 1.00. The molecule has 0 aromatic heterocycles. The summed E-state index contributed by atoms with van der Waals surface area (Å²) in [5.41, 5.74) is 11.1. The maximum absolute atomic E-state index is 5.76. The summed E-state index contributed by atoms with van der Waals surface area (Å²) >= 11 is 0. The van der Waals surface area contributed by atoms with E-state index in [2.05, 4.69) is 6.92 Å². The van der Waals surface area contributed by atoms with Crippen LogP contribution in [0.3, 0.4) is 0 Å². The first-order chi connectivity index (χ1) is 3.95. The average molecular weight is 130 g/mol. The molecule has 0 fully saturated rings. The highest BCUT2D eigenvalue weighted by Gasteiger charge is 2.13. The zero-order chi connectivity index (χ0) is 7.49. The first kappa shape index (κ1) is 8.92. The van der Waals surface area contributed by atoms with Crippen molar-refractivity contribution in [3.63, 3.8) is 0 Å². The molecule has 0 aliphatic carbocycles. The minimum absolute atomic E-state index is 0.0568. The molecule has 9 heavy (non-hydrogen) atoms. The normalized spacial score (nSPS) is 15.7. The van der Waals surface area contributed by atoms with E-state index in [9.17, 15) is 0 Å². The molecule has 0 aliphatic heterocycles. The average Bonchev–Trinajstić information content (AvgIpc) is 1.62. The first-order valence-electron chi connectivity index (χ1n) is 3.44. The van der Waals surface area contributed by atoms with Gasteiger partial charge < -0.3 is 11.5 Å². The van der Waals surface area contributed by atoms with Crippen LogP contribution in [-0.2, 0) is 0 Å². The van der Waals surface area contributed by atoms with Gasteiger partial charge in [-0.3, -0.25) is 0 Å². The lowest BCUT2D eigenvalue weighted by Crippen LogP contribution is -2.35. The molecule has 1 unspecified atom stereocenters. The van der Waals surface area contributed by atoms with Gasteiger partial charge >= 0.3 is 0 Å². The molecule has 0 aromatic rings. The van der Waals surface area contributed by atoms with Crippen LogP contribution in [0.2, 0.25) is 0 Å². The van der Waals surface area contributed by atoms with Crippen LogP contribution in [-0.4, -0.2) is 12.1 Å². The molecule has 0 saturated heterocycles. The molecule has 0 spiro atoms. The second-order valence-corrected chi connectivity index (χ2v) is 3.53. The second-order valence-electron chi connectivity index (χ2n) is 3.53. The molecule has 56 valence electrons. The quantitative estimate of drug-likeness (QED) is 0.591. The second kappa shape index (κ2) is 3.18. The van der Waals surface area contributed by atoms with Crippen molar-refractivity contribution in [1.82, 2.24) is 0 Å². The molecule has 1 atom stereocenters. The fourth-order valence-corrected chi connectivity index (χ4v) is 0.981. The molecule has 4 N–H and O–H groups in total. The van der Waals surface area contributed by atoms with Crippen LogP contribution in [0.25, 0.3) is 0 Å². The van der Waals surface area contributed by atoms with Crippen LogP contribution in [0, 0.1) is 5.92 Å². The van der Waals surface area contributed by atoms with Gasteiger partial charge in [0.05, 0.1) is 0 Å². The fraction of sp³-hybridized carbons (Fsp3) is 1.00. The van der Waals surface area contributed by atoms with Gasteiger partial charge in [-0.15, -0.1) is 0 Å². The highest BCUT2D eigenvalue weighted by Crippen LogP contribution is 2.11. The predicted octanol–water partition coefficient (Wildman–Crippen LogP) is 0.709. The third-order valence-corrected chi connectivity index (χ3v) is 1.28. The molecule has 2 nitrogen and oxygen atoms in total. The van der Waals surface area contributed by atoms with Crippen molar-refractivity contribution >= 4 is 0 Å². The Balaban J connectivity index is 3.47. The van der Waals surface area contributed by atoms with E-state index < -0.39 is 0 Å². The molecule has 0 heterocycles. The molecule has 0 aromatic carbocycles. The van der Waals surface area contributed by atoms with Gasteiger partial charge in [0, 0.05) is 5.54 Å². The monoisotopic (exact) mass is 130 g/mol. The predicted molar refractivity (Wildman–Crippen MR) is 41.1 cm³/mol. The summed E-state index contributed by atoms with van der Waals surface area (Å²) in [5.74, 6) is 0.546. The van der Waals surface area contributed by atoms with Crippen molar-refractivity contribution in [2.24, 2.45) is 17.4 Å². The van der Waals surface area contributed by atoms with E-state index in [-0.39, 0.29) is 5.54 Å². The van der Waals surface area contributed by atoms with Crippen molar-refractivity contribution < 1.29 is 0 Å². The lowest BCUT2D eigenvalue weighted by Gasteiger charge is -2.21. The van der Waals surface area contributed by atoms with Crippen LogP contribution in [0.15, 0.2) is 0 Å². The van der Waals surface area contributed by atoms with Gasteiger partial charge in [0.2, 0.25) is 0 Å². The molecule has 0 bridgehead atoms. The number of nitrogens with two attached hydrogens (primary N) is 2. The van der Waals surface area contributed by atoms with Gasteiger partial charge in [0.25, 0.3) is 0 Å². The summed E-state index contributed by atoms with van der Waals surface area (Å²) in [7, 11) is 0. The fourth-order valence-electron chi connectivity index (χ4n) is 0.981. The maximum atomic E-state index is 5.76. The van der Waals surface area contributed by atoms with Gasteiger partial charge in [0.15, 0.2) is 0 Å². The molecular formula is C7H18N2. The Kier molecular flexibility index (Phi) is 3.15. The topological polar surface area (TPSA) is 52.0 Å². The largest absolute Gasteiger partial charge is 0.330 e. The molecule has 0 rings (SSSR count). The Morgan fingerprint density at radius 3 is 2.00 bits per heavy atom. The maximum Gasteiger partial charge on any atom is 0.0100 e. The molecule has 2 heteroatoms. The smallest absolute Gasteiger partial charge is 0.0100 e. The lowest BCUT2D eigenvalue weighted by atomic mass is 9.93. The zero-order valence-corrected chi connectivity index (χ0v) is 6.65. The summed E-state index contributed by atoms with van der Waals surface area (Å²) in [5, 5.41) is 0. The Morgan fingerprint density at radius 2 is 1.89 bits per heavy atom. The van der Waals surface area contributed by atoms with Gasteiger partial charge in [-0.05, 0) is 32.7 Å². The van der Waals surface area contributed by atoms with Crippen molar-refractivity contribution in [2.45, 2.75) is 32.7 Å². The number of hydrogen-bond acceptors (Lipinski definition) is 2. The van der Waals surface area contributed by atoms with Crippen molar-refractivity contribution in [1.29, 1.82) is 0 Å². The molecule has 0 amide bonds. The first-order valence-corrected chi connectivity index (χ1v) is 3.44. The summed E-state index contributed by atoms with van der Waals surface area (Å²) in [6, 6.07) is 0. The minimum atomic E-state index is -0.0568. The Labute approximate surface area is 57.6 Å². The van der Waals surface area contributed by atoms with Crippen LogP contribution in [0.4, 0.5) is 0 Å². The summed E-state index contributed by atoms with van der Waals surface area (Å²) < 4.78 is 0. The van der Waals surface area contributed by atoms with Crippen LogP contribution >= 0.6 is 0 Å². The Hall–Kier alpha value is -0.0800. The van der Waals surface area contributed by atoms with E-state index in [1.807, 2.05) is 13.8 Å².